The number of furan rings is 1. The third-order valence-electron chi connectivity index (χ3n) is 8.27. The molecule has 0 fully saturated rings. The summed E-state index contributed by atoms with van der Waals surface area (Å²) in [6, 6.07) is 37.4. The second kappa shape index (κ2) is 9.86. The van der Waals surface area contributed by atoms with Gasteiger partial charge >= 0.3 is 0 Å². The van der Waals surface area contributed by atoms with Crippen molar-refractivity contribution < 1.29 is 14.0 Å². The Morgan fingerprint density at radius 1 is 0.432 bits per heavy atom. The Balaban J connectivity index is 1.18. The van der Waals surface area contributed by atoms with Crippen molar-refractivity contribution in [2.24, 2.45) is 0 Å². The summed E-state index contributed by atoms with van der Waals surface area (Å²) in [4.78, 5) is 0. The standard InChI is InChI=1S/C42H27NO/c1-2-8-28(9-3-1)33-20-24-36-35-10-4-6-12-39(35)43(40(36)27-33)34-22-18-30(19-23-34)29-14-16-31(17-15-29)32-21-25-42-38(26-32)37-11-5-7-13-41(37)44-42/h1-27H/i4D,6D,10D,12D,20D,24D,27D. The molecule has 0 saturated heterocycles. The molecule has 0 N–H and O–H groups in total. The highest BCUT2D eigenvalue weighted by molar-refractivity contribution is 6.10. The van der Waals surface area contributed by atoms with E-state index in [9.17, 15) is 1.37 Å². The maximum atomic E-state index is 9.38. The Labute approximate surface area is 264 Å². The van der Waals surface area contributed by atoms with Gasteiger partial charge in [-0.1, -0.05) is 121 Å². The first-order chi connectivity index (χ1) is 24.7. The van der Waals surface area contributed by atoms with Gasteiger partial charge in [0.15, 0.2) is 0 Å². The largest absolute Gasteiger partial charge is 0.456 e. The van der Waals surface area contributed by atoms with Crippen LogP contribution < -0.4 is 0 Å². The minimum atomic E-state index is -0.423. The van der Waals surface area contributed by atoms with E-state index in [0.717, 1.165) is 44.2 Å². The number of hydrogen-bond donors (Lipinski definition) is 0. The summed E-state index contributed by atoms with van der Waals surface area (Å²) in [5.41, 5.74) is 7.67. The van der Waals surface area contributed by atoms with E-state index >= 15 is 0 Å². The van der Waals surface area contributed by atoms with Crippen molar-refractivity contribution in [2.75, 3.05) is 0 Å². The van der Waals surface area contributed by atoms with Gasteiger partial charge in [0.05, 0.1) is 20.6 Å². The number of rotatable bonds is 4. The summed E-state index contributed by atoms with van der Waals surface area (Å²) in [7, 11) is 0. The number of nitrogens with zero attached hydrogens (tertiary/aromatic N) is 1. The predicted octanol–water partition coefficient (Wildman–Crippen LogP) is 11.7. The van der Waals surface area contributed by atoms with Gasteiger partial charge in [-0.25, -0.2) is 0 Å². The molecule has 9 rings (SSSR count). The van der Waals surface area contributed by atoms with Crippen LogP contribution in [0.4, 0.5) is 0 Å². The van der Waals surface area contributed by atoms with Crippen molar-refractivity contribution in [3.63, 3.8) is 0 Å². The Kier molecular flexibility index (Phi) is 4.17. The fourth-order valence-corrected chi connectivity index (χ4v) is 6.08. The first-order valence-electron chi connectivity index (χ1n) is 17.9. The topological polar surface area (TPSA) is 18.1 Å². The maximum Gasteiger partial charge on any atom is 0.135 e. The molecule has 0 spiro atoms. The summed E-state index contributed by atoms with van der Waals surface area (Å²) in [5, 5.41) is 2.44. The van der Waals surface area contributed by atoms with E-state index < -0.39 is 12.1 Å². The van der Waals surface area contributed by atoms with E-state index in [1.807, 2.05) is 66.7 Å². The van der Waals surface area contributed by atoms with Gasteiger partial charge in [-0.2, -0.15) is 0 Å². The molecule has 0 atom stereocenters. The van der Waals surface area contributed by atoms with Crippen LogP contribution in [-0.2, 0) is 0 Å². The van der Waals surface area contributed by atoms with Crippen LogP contribution in [0.25, 0.3) is 82.8 Å². The number of hydrogen-bond acceptors (Lipinski definition) is 1. The lowest BCUT2D eigenvalue weighted by atomic mass is 9.99. The first-order valence-corrected chi connectivity index (χ1v) is 14.4. The van der Waals surface area contributed by atoms with Crippen molar-refractivity contribution >= 4 is 43.7 Å². The quantitative estimate of drug-likeness (QED) is 0.206. The summed E-state index contributed by atoms with van der Waals surface area (Å²) in [6.45, 7) is 0. The minimum Gasteiger partial charge on any atom is -0.456 e. The van der Waals surface area contributed by atoms with Crippen LogP contribution in [0.1, 0.15) is 9.60 Å². The minimum absolute atomic E-state index is 0.0217. The molecule has 0 radical (unpaired) electrons. The van der Waals surface area contributed by atoms with Crippen LogP contribution >= 0.6 is 0 Å². The van der Waals surface area contributed by atoms with Gasteiger partial charge in [-0.15, -0.1) is 0 Å². The van der Waals surface area contributed by atoms with Crippen LogP contribution in [0, 0.1) is 0 Å². The first kappa shape index (κ1) is 18.6. The highest BCUT2D eigenvalue weighted by Gasteiger charge is 2.14. The lowest BCUT2D eigenvalue weighted by molar-refractivity contribution is 0.669. The zero-order valence-electron chi connectivity index (χ0n) is 30.4. The monoisotopic (exact) mass is 568 g/mol. The fourth-order valence-electron chi connectivity index (χ4n) is 6.08. The van der Waals surface area contributed by atoms with E-state index in [2.05, 4.69) is 42.5 Å². The fraction of sp³-hybridized carbons (Fsp3) is 0. The van der Waals surface area contributed by atoms with Crippen molar-refractivity contribution in [1.82, 2.24) is 4.57 Å². The van der Waals surface area contributed by atoms with Crippen LogP contribution in [0.5, 0.6) is 0 Å². The zero-order chi connectivity index (χ0) is 35.1. The Morgan fingerprint density at radius 2 is 1.05 bits per heavy atom. The lowest BCUT2D eigenvalue weighted by Gasteiger charge is -2.11. The van der Waals surface area contributed by atoms with E-state index in [0.29, 0.717) is 11.3 Å². The molecule has 9 aromatic rings. The molecule has 2 aromatic heterocycles. The zero-order valence-corrected chi connectivity index (χ0v) is 23.4. The molecule has 2 nitrogen and oxygen atoms in total. The molecule has 44 heavy (non-hydrogen) atoms. The molecule has 7 aromatic carbocycles. The summed E-state index contributed by atoms with van der Waals surface area (Å²) >= 11 is 0. The molecular formula is C42H27NO. The van der Waals surface area contributed by atoms with E-state index in [1.165, 1.54) is 0 Å². The molecule has 0 bridgehead atoms. The molecule has 0 unspecified atom stereocenters. The SMILES string of the molecule is [2H]c1c([2H])c([2H])c2c(c1[2H])c1c([2H])c([2H])c(-c3ccccc3)c([2H])c1n2-c1ccc(-c2ccc(-c3ccc4oc5ccccc5c4c3)cc2)cc1. The highest BCUT2D eigenvalue weighted by atomic mass is 16.3. The van der Waals surface area contributed by atoms with Gasteiger partial charge < -0.3 is 8.98 Å². The van der Waals surface area contributed by atoms with Crippen molar-refractivity contribution in [1.29, 1.82) is 0 Å². The lowest BCUT2D eigenvalue weighted by Crippen LogP contribution is -1.94. The normalized spacial score (nSPS) is 13.9. The van der Waals surface area contributed by atoms with Gasteiger partial charge in [0, 0.05) is 27.2 Å². The van der Waals surface area contributed by atoms with Crippen molar-refractivity contribution in [2.45, 2.75) is 0 Å². The molecule has 0 aliphatic carbocycles. The van der Waals surface area contributed by atoms with Crippen LogP contribution in [0.15, 0.2) is 168 Å². The molecular weight excluding hydrogens is 534 g/mol. The third-order valence-corrected chi connectivity index (χ3v) is 8.27. The summed E-state index contributed by atoms with van der Waals surface area (Å²) < 4.78 is 69.6. The summed E-state index contributed by atoms with van der Waals surface area (Å²) in [5.74, 6) is 0. The predicted molar refractivity (Wildman–Crippen MR) is 184 cm³/mol. The van der Waals surface area contributed by atoms with Gasteiger partial charge in [-0.05, 0) is 75.8 Å². The average Bonchev–Trinajstić information content (AvgIpc) is 3.73. The van der Waals surface area contributed by atoms with E-state index in [4.69, 9.17) is 12.6 Å². The number of fused-ring (bicyclic) bond motifs is 6. The van der Waals surface area contributed by atoms with Gasteiger partial charge in [0.2, 0.25) is 0 Å². The molecule has 2 heteroatoms. The molecule has 0 saturated carbocycles. The molecule has 2 heterocycles. The van der Waals surface area contributed by atoms with Crippen LogP contribution in [-0.4, -0.2) is 4.57 Å². The van der Waals surface area contributed by atoms with Gasteiger partial charge in [0.1, 0.15) is 11.2 Å². The van der Waals surface area contributed by atoms with Crippen LogP contribution in [0.3, 0.4) is 0 Å². The maximum absolute atomic E-state index is 9.38. The van der Waals surface area contributed by atoms with E-state index in [1.54, 1.807) is 16.7 Å². The second-order valence-corrected chi connectivity index (χ2v) is 10.8. The van der Waals surface area contributed by atoms with E-state index in [-0.39, 0.29) is 57.6 Å². The second-order valence-electron chi connectivity index (χ2n) is 10.8. The Bertz CT molecular complexity index is 2860. The smallest absolute Gasteiger partial charge is 0.135 e. The average molecular weight is 569 g/mol. The van der Waals surface area contributed by atoms with Crippen molar-refractivity contribution in [3.05, 3.63) is 164 Å². The third kappa shape index (κ3) is 3.96. The number of benzene rings is 7. The Morgan fingerprint density at radius 3 is 1.86 bits per heavy atom. The molecule has 0 aliphatic heterocycles. The molecule has 0 amide bonds. The van der Waals surface area contributed by atoms with Gasteiger partial charge in [-0.3, -0.25) is 0 Å². The van der Waals surface area contributed by atoms with Crippen LogP contribution in [0.2, 0.25) is 0 Å². The highest BCUT2D eigenvalue weighted by Crippen LogP contribution is 2.36. The summed E-state index contributed by atoms with van der Waals surface area (Å²) in [6.07, 6.45) is 0. The van der Waals surface area contributed by atoms with Crippen molar-refractivity contribution in [3.8, 4) is 39.1 Å². The van der Waals surface area contributed by atoms with Gasteiger partial charge in [0.25, 0.3) is 0 Å². The Hall–Kier alpha value is -5.86. The molecule has 206 valence electrons. The molecule has 0 aliphatic rings. The number of para-hydroxylation sites is 2. The number of aromatic nitrogens is 1.